The van der Waals surface area contributed by atoms with Crippen LogP contribution < -0.4 is 5.32 Å². The first-order chi connectivity index (χ1) is 9.95. The third-order valence-electron chi connectivity index (χ3n) is 3.46. The summed E-state index contributed by atoms with van der Waals surface area (Å²) in [5.74, 6) is -0.630. The Labute approximate surface area is 118 Å². The number of pyridine rings is 1. The van der Waals surface area contributed by atoms with Gasteiger partial charge in [0.2, 0.25) is 5.91 Å². The number of amides is 1. The summed E-state index contributed by atoms with van der Waals surface area (Å²) in [5.41, 5.74) is 0.759. The molecule has 108 valence electrons. The van der Waals surface area contributed by atoms with Crippen LogP contribution in [0.3, 0.4) is 0 Å². The molecule has 1 unspecified atom stereocenters. The van der Waals surface area contributed by atoms with Crippen LogP contribution in [0.5, 0.6) is 0 Å². The summed E-state index contributed by atoms with van der Waals surface area (Å²) in [6, 6.07) is 8.73. The van der Waals surface area contributed by atoms with E-state index in [2.05, 4.69) is 10.3 Å². The van der Waals surface area contributed by atoms with Crippen molar-refractivity contribution >= 4 is 11.6 Å². The maximum Gasteiger partial charge on any atom is 0.416 e. The minimum Gasteiger partial charge on any atom is -0.326 e. The fourth-order valence-electron chi connectivity index (χ4n) is 2.49. The topological polar surface area (TPSA) is 42.0 Å². The lowest BCUT2D eigenvalue weighted by atomic mass is 9.87. The molecule has 1 aromatic carbocycles. The van der Waals surface area contributed by atoms with E-state index < -0.39 is 11.7 Å². The Hall–Kier alpha value is -2.37. The van der Waals surface area contributed by atoms with E-state index in [0.717, 1.165) is 12.1 Å². The number of halogens is 3. The molecule has 1 aliphatic heterocycles. The predicted octanol–water partition coefficient (Wildman–Crippen LogP) is 3.57. The zero-order valence-corrected chi connectivity index (χ0v) is 10.8. The smallest absolute Gasteiger partial charge is 0.326 e. The number of aromatic nitrogens is 1. The van der Waals surface area contributed by atoms with Crippen LogP contribution in [0, 0.1) is 0 Å². The summed E-state index contributed by atoms with van der Waals surface area (Å²) >= 11 is 0. The molecule has 1 amide bonds. The van der Waals surface area contributed by atoms with Gasteiger partial charge in [-0.2, -0.15) is 13.2 Å². The molecular weight excluding hydrogens is 281 g/mol. The van der Waals surface area contributed by atoms with Gasteiger partial charge < -0.3 is 5.32 Å². The van der Waals surface area contributed by atoms with Crippen LogP contribution in [0.2, 0.25) is 0 Å². The predicted molar refractivity (Wildman–Crippen MR) is 70.8 cm³/mol. The van der Waals surface area contributed by atoms with Gasteiger partial charge in [0.15, 0.2) is 0 Å². The molecule has 21 heavy (non-hydrogen) atoms. The number of hydrogen-bond donors (Lipinski definition) is 1. The van der Waals surface area contributed by atoms with Crippen molar-refractivity contribution in [1.82, 2.24) is 4.98 Å². The molecule has 1 N–H and O–H groups in total. The van der Waals surface area contributed by atoms with Gasteiger partial charge in [-0.1, -0.05) is 12.1 Å². The van der Waals surface area contributed by atoms with Crippen LogP contribution in [0.4, 0.5) is 18.9 Å². The van der Waals surface area contributed by atoms with Crippen molar-refractivity contribution in [3.63, 3.8) is 0 Å². The molecule has 1 aromatic heterocycles. The Morgan fingerprint density at radius 3 is 2.67 bits per heavy atom. The van der Waals surface area contributed by atoms with Gasteiger partial charge in [0.25, 0.3) is 0 Å². The quantitative estimate of drug-likeness (QED) is 0.873. The molecule has 2 heterocycles. The summed E-state index contributed by atoms with van der Waals surface area (Å²) < 4.78 is 38.3. The molecule has 1 atom stereocenters. The average molecular weight is 292 g/mol. The molecule has 0 bridgehead atoms. The lowest BCUT2D eigenvalue weighted by Gasteiger charge is -2.26. The van der Waals surface area contributed by atoms with E-state index in [-0.39, 0.29) is 23.9 Å². The first-order valence-corrected chi connectivity index (χ1v) is 6.37. The Balaban J connectivity index is 2.08. The number of fused-ring (bicyclic) bond motifs is 1. The van der Waals surface area contributed by atoms with Crippen LogP contribution in [0.15, 0.2) is 42.6 Å². The van der Waals surface area contributed by atoms with Gasteiger partial charge in [-0.3, -0.25) is 9.78 Å². The lowest BCUT2D eigenvalue weighted by Crippen LogP contribution is -2.24. The second-order valence-electron chi connectivity index (χ2n) is 4.86. The van der Waals surface area contributed by atoms with Crippen molar-refractivity contribution in [2.24, 2.45) is 0 Å². The number of nitrogens with one attached hydrogen (secondary N) is 1. The van der Waals surface area contributed by atoms with Crippen molar-refractivity contribution < 1.29 is 18.0 Å². The van der Waals surface area contributed by atoms with E-state index >= 15 is 0 Å². The summed E-state index contributed by atoms with van der Waals surface area (Å²) in [6.07, 6.45) is -2.65. The first kappa shape index (κ1) is 13.6. The van der Waals surface area contributed by atoms with Crippen molar-refractivity contribution in [3.8, 4) is 0 Å². The van der Waals surface area contributed by atoms with Gasteiger partial charge >= 0.3 is 6.18 Å². The Kier molecular flexibility index (Phi) is 3.16. The molecule has 0 aliphatic carbocycles. The number of benzene rings is 1. The van der Waals surface area contributed by atoms with Crippen molar-refractivity contribution in [2.75, 3.05) is 5.32 Å². The molecule has 0 fully saturated rings. The number of carbonyl (C=O) groups is 1. The highest BCUT2D eigenvalue weighted by atomic mass is 19.4. The van der Waals surface area contributed by atoms with Gasteiger partial charge in [-0.25, -0.2) is 0 Å². The molecule has 6 heteroatoms. The minimum atomic E-state index is -4.43. The van der Waals surface area contributed by atoms with E-state index in [0.29, 0.717) is 11.3 Å². The molecule has 2 aromatic rings. The number of hydrogen-bond acceptors (Lipinski definition) is 2. The molecule has 3 rings (SSSR count). The molecule has 0 saturated carbocycles. The highest BCUT2D eigenvalue weighted by Gasteiger charge is 2.34. The SMILES string of the molecule is O=C1CC(c2ccccn2)c2ccc(C(F)(F)F)cc2N1. The molecule has 0 spiro atoms. The van der Waals surface area contributed by atoms with Crippen molar-refractivity contribution in [2.45, 2.75) is 18.5 Å². The number of rotatable bonds is 1. The third kappa shape index (κ3) is 2.61. The molecule has 0 saturated heterocycles. The van der Waals surface area contributed by atoms with Crippen LogP contribution >= 0.6 is 0 Å². The molecule has 1 aliphatic rings. The number of carbonyl (C=O) groups excluding carboxylic acids is 1. The summed E-state index contributed by atoms with van der Waals surface area (Å²) in [7, 11) is 0. The highest BCUT2D eigenvalue weighted by Crippen LogP contribution is 2.39. The normalized spacial score (nSPS) is 18.0. The largest absolute Gasteiger partial charge is 0.416 e. The van der Waals surface area contributed by atoms with Crippen LogP contribution in [0.25, 0.3) is 0 Å². The fourth-order valence-corrected chi connectivity index (χ4v) is 2.49. The lowest BCUT2D eigenvalue weighted by molar-refractivity contribution is -0.137. The maximum atomic E-state index is 12.8. The number of nitrogens with zero attached hydrogens (tertiary/aromatic N) is 1. The monoisotopic (exact) mass is 292 g/mol. The maximum absolute atomic E-state index is 12.8. The van der Waals surface area contributed by atoms with Crippen LogP contribution in [0.1, 0.15) is 29.2 Å². The summed E-state index contributed by atoms with van der Waals surface area (Å²) in [6.45, 7) is 0. The van der Waals surface area contributed by atoms with Gasteiger partial charge in [-0.05, 0) is 29.8 Å². The fraction of sp³-hybridized carbons (Fsp3) is 0.200. The number of anilines is 1. The Bertz CT molecular complexity index is 683. The van der Waals surface area contributed by atoms with E-state index in [9.17, 15) is 18.0 Å². The number of alkyl halides is 3. The standard InChI is InChI=1S/C15H11F3N2O/c16-15(17,18)9-4-5-10-11(12-3-1-2-6-19-12)8-14(21)20-13(10)7-9/h1-7,11H,8H2,(H,20,21). The molecule has 0 radical (unpaired) electrons. The second kappa shape index (κ2) is 4.87. The van der Waals surface area contributed by atoms with Gasteiger partial charge in [0.05, 0.1) is 5.56 Å². The van der Waals surface area contributed by atoms with Gasteiger partial charge in [-0.15, -0.1) is 0 Å². The van der Waals surface area contributed by atoms with Crippen LogP contribution in [-0.2, 0) is 11.0 Å². The van der Waals surface area contributed by atoms with Crippen molar-refractivity contribution in [1.29, 1.82) is 0 Å². The minimum absolute atomic E-state index is 0.176. The Morgan fingerprint density at radius 1 is 1.19 bits per heavy atom. The molecule has 3 nitrogen and oxygen atoms in total. The van der Waals surface area contributed by atoms with Gasteiger partial charge in [0.1, 0.15) is 0 Å². The van der Waals surface area contributed by atoms with Crippen LogP contribution in [-0.4, -0.2) is 10.9 Å². The zero-order valence-electron chi connectivity index (χ0n) is 10.8. The average Bonchev–Trinajstić information content (AvgIpc) is 2.45. The summed E-state index contributed by atoms with van der Waals surface area (Å²) in [5, 5.41) is 2.51. The van der Waals surface area contributed by atoms with E-state index in [1.165, 1.54) is 6.07 Å². The zero-order chi connectivity index (χ0) is 15.0. The highest BCUT2D eigenvalue weighted by molar-refractivity contribution is 5.95. The van der Waals surface area contributed by atoms with Crippen molar-refractivity contribution in [3.05, 3.63) is 59.4 Å². The third-order valence-corrected chi connectivity index (χ3v) is 3.46. The van der Waals surface area contributed by atoms with E-state index in [1.54, 1.807) is 24.4 Å². The van der Waals surface area contributed by atoms with E-state index in [4.69, 9.17) is 0 Å². The summed E-state index contributed by atoms with van der Waals surface area (Å²) in [4.78, 5) is 16.0. The van der Waals surface area contributed by atoms with Gasteiger partial charge in [0, 0.05) is 29.9 Å². The Morgan fingerprint density at radius 2 is 2.00 bits per heavy atom. The second-order valence-corrected chi connectivity index (χ2v) is 4.86. The first-order valence-electron chi connectivity index (χ1n) is 6.37. The molecular formula is C15H11F3N2O. The van der Waals surface area contributed by atoms with E-state index in [1.807, 2.05) is 0 Å².